The van der Waals surface area contributed by atoms with Gasteiger partial charge in [-0.25, -0.2) is 13.9 Å². The predicted octanol–water partition coefficient (Wildman–Crippen LogP) is 1.02. The van der Waals surface area contributed by atoms with E-state index in [1.54, 1.807) is 14.0 Å². The van der Waals surface area contributed by atoms with Crippen molar-refractivity contribution < 1.29 is 18.7 Å². The van der Waals surface area contributed by atoms with E-state index in [1.165, 1.54) is 4.57 Å². The second kappa shape index (κ2) is 7.81. The van der Waals surface area contributed by atoms with E-state index >= 15 is 0 Å². The zero-order chi connectivity index (χ0) is 19.9. The standard InChI is InChI=1S/C16H27N6O5P/c1-13(27-28(25,20-5-6-20)21-7-8-21)15-14(17-16(18(15)2)22(23)24)3-4-19-9-11-26-12-10-19/h13H,3-12H2,1-2H3. The number of aromatic nitrogens is 2. The highest BCUT2D eigenvalue weighted by Gasteiger charge is 2.51. The zero-order valence-electron chi connectivity index (χ0n) is 16.3. The molecule has 0 amide bonds. The van der Waals surface area contributed by atoms with E-state index in [0.717, 1.165) is 45.8 Å². The molecule has 0 aliphatic carbocycles. The fourth-order valence-corrected chi connectivity index (χ4v) is 5.99. The Morgan fingerprint density at radius 2 is 1.82 bits per heavy atom. The number of ether oxygens (including phenoxy) is 1. The normalized spacial score (nSPS) is 22.4. The molecule has 28 heavy (non-hydrogen) atoms. The molecule has 156 valence electrons. The largest absolute Gasteiger partial charge is 0.434 e. The molecule has 11 nitrogen and oxygen atoms in total. The Morgan fingerprint density at radius 3 is 2.36 bits per heavy atom. The van der Waals surface area contributed by atoms with Gasteiger partial charge in [0.05, 0.1) is 20.3 Å². The van der Waals surface area contributed by atoms with E-state index < -0.39 is 18.7 Å². The average molecular weight is 414 g/mol. The highest BCUT2D eigenvalue weighted by molar-refractivity contribution is 7.54. The molecule has 3 aliphatic rings. The van der Waals surface area contributed by atoms with E-state index in [4.69, 9.17) is 9.26 Å². The van der Waals surface area contributed by atoms with Gasteiger partial charge in [0.2, 0.25) is 0 Å². The number of nitrogens with zero attached hydrogens (tertiary/aromatic N) is 6. The number of hydrogen-bond donors (Lipinski definition) is 0. The molecule has 0 radical (unpaired) electrons. The maximum Gasteiger partial charge on any atom is 0.434 e. The molecule has 1 aromatic heterocycles. The Bertz CT molecular complexity index is 771. The molecule has 4 rings (SSSR count). The summed E-state index contributed by atoms with van der Waals surface area (Å²) in [5, 5.41) is 11.4. The minimum absolute atomic E-state index is 0.212. The van der Waals surface area contributed by atoms with Crippen molar-refractivity contribution in [1.82, 2.24) is 23.8 Å². The average Bonchev–Trinajstić information content (AvgIpc) is 3.55. The summed E-state index contributed by atoms with van der Waals surface area (Å²) in [4.78, 5) is 17.5. The molecule has 0 aromatic carbocycles. The molecule has 1 unspecified atom stereocenters. The molecule has 0 spiro atoms. The van der Waals surface area contributed by atoms with Crippen molar-refractivity contribution >= 4 is 13.6 Å². The topological polar surface area (TPSA) is 106 Å². The summed E-state index contributed by atoms with van der Waals surface area (Å²) in [6.07, 6.45) is 0.0144. The number of hydrogen-bond acceptors (Lipinski definition) is 7. The zero-order valence-corrected chi connectivity index (χ0v) is 17.2. The van der Waals surface area contributed by atoms with Crippen LogP contribution in [-0.2, 0) is 27.3 Å². The van der Waals surface area contributed by atoms with Gasteiger partial charge in [-0.1, -0.05) is 4.98 Å². The highest BCUT2D eigenvalue weighted by atomic mass is 31.2. The molecule has 3 aliphatic heterocycles. The molecule has 0 bridgehead atoms. The Morgan fingerprint density at radius 1 is 1.21 bits per heavy atom. The summed E-state index contributed by atoms with van der Waals surface area (Å²) in [5.41, 5.74) is 1.26. The summed E-state index contributed by atoms with van der Waals surface area (Å²) >= 11 is 0. The smallest absolute Gasteiger partial charge is 0.390 e. The van der Waals surface area contributed by atoms with Crippen molar-refractivity contribution in [1.29, 1.82) is 0 Å². The summed E-state index contributed by atoms with van der Waals surface area (Å²) in [7, 11) is -1.41. The number of rotatable bonds is 9. The molecule has 3 fully saturated rings. The van der Waals surface area contributed by atoms with Crippen LogP contribution < -0.4 is 0 Å². The van der Waals surface area contributed by atoms with Gasteiger partial charge < -0.3 is 14.9 Å². The number of nitro groups is 1. The first kappa shape index (κ1) is 19.9. The van der Waals surface area contributed by atoms with Crippen LogP contribution in [0.1, 0.15) is 24.4 Å². The second-order valence-corrected chi connectivity index (χ2v) is 9.73. The van der Waals surface area contributed by atoms with Gasteiger partial charge in [-0.3, -0.25) is 14.0 Å². The minimum atomic E-state index is -3.03. The van der Waals surface area contributed by atoms with Gasteiger partial charge in [-0.05, 0) is 11.8 Å². The van der Waals surface area contributed by atoms with Crippen LogP contribution in [0, 0.1) is 10.1 Å². The van der Waals surface area contributed by atoms with Gasteiger partial charge in [0.1, 0.15) is 11.8 Å². The third-order valence-electron chi connectivity index (χ3n) is 5.37. The number of morpholine rings is 1. The monoisotopic (exact) mass is 414 g/mol. The van der Waals surface area contributed by atoms with E-state index in [9.17, 15) is 14.7 Å². The number of imidazole rings is 1. The molecule has 1 aromatic rings. The van der Waals surface area contributed by atoms with Crippen molar-refractivity contribution in [3.63, 3.8) is 0 Å². The molecule has 4 heterocycles. The van der Waals surface area contributed by atoms with Gasteiger partial charge in [-0.15, -0.1) is 0 Å². The molecule has 12 heteroatoms. The van der Waals surface area contributed by atoms with Crippen molar-refractivity contribution in [2.45, 2.75) is 19.4 Å². The molecule has 0 saturated carbocycles. The van der Waals surface area contributed by atoms with Crippen molar-refractivity contribution in [2.75, 3.05) is 59.0 Å². The molecule has 1 atom stereocenters. The third kappa shape index (κ3) is 4.00. The quantitative estimate of drug-likeness (QED) is 0.253. The van der Waals surface area contributed by atoms with Gasteiger partial charge in [0, 0.05) is 52.2 Å². The van der Waals surface area contributed by atoms with Crippen LogP contribution in [0.5, 0.6) is 0 Å². The van der Waals surface area contributed by atoms with Crippen LogP contribution in [0.3, 0.4) is 0 Å². The lowest BCUT2D eigenvalue weighted by molar-refractivity contribution is -0.396. The van der Waals surface area contributed by atoms with E-state index in [2.05, 4.69) is 9.88 Å². The molecule has 0 N–H and O–H groups in total. The fraction of sp³-hybridized carbons (Fsp3) is 0.812. The Labute approximate surface area is 163 Å². The van der Waals surface area contributed by atoms with Gasteiger partial charge in [0.25, 0.3) is 0 Å². The summed E-state index contributed by atoms with van der Waals surface area (Å²) in [5.74, 6) is -0.212. The predicted molar refractivity (Wildman–Crippen MR) is 101 cm³/mol. The highest BCUT2D eigenvalue weighted by Crippen LogP contribution is 2.63. The Kier molecular flexibility index (Phi) is 5.56. The van der Waals surface area contributed by atoms with E-state index in [1.807, 2.05) is 9.34 Å². The fourth-order valence-electron chi connectivity index (χ4n) is 3.66. The van der Waals surface area contributed by atoms with Crippen LogP contribution in [-0.4, -0.2) is 87.7 Å². The molecular formula is C16H27N6O5P. The van der Waals surface area contributed by atoms with E-state index in [0.29, 0.717) is 31.0 Å². The van der Waals surface area contributed by atoms with Crippen LogP contribution in [0.4, 0.5) is 5.95 Å². The maximum atomic E-state index is 13.3. The van der Waals surface area contributed by atoms with Crippen LogP contribution >= 0.6 is 7.67 Å². The summed E-state index contributed by atoms with van der Waals surface area (Å²) < 4.78 is 29.9. The minimum Gasteiger partial charge on any atom is -0.390 e. The third-order valence-corrected chi connectivity index (χ3v) is 8.19. The van der Waals surface area contributed by atoms with Crippen molar-refractivity contribution in [2.24, 2.45) is 7.05 Å². The van der Waals surface area contributed by atoms with Gasteiger partial charge in [-0.2, -0.15) is 0 Å². The lowest BCUT2D eigenvalue weighted by atomic mass is 10.1. The maximum absolute atomic E-state index is 13.3. The van der Waals surface area contributed by atoms with Crippen LogP contribution in [0.25, 0.3) is 0 Å². The van der Waals surface area contributed by atoms with Crippen molar-refractivity contribution in [3.05, 3.63) is 21.5 Å². The summed E-state index contributed by atoms with van der Waals surface area (Å²) in [6, 6.07) is 0. The van der Waals surface area contributed by atoms with Gasteiger partial charge >= 0.3 is 13.6 Å². The first-order valence-electron chi connectivity index (χ1n) is 9.69. The van der Waals surface area contributed by atoms with Gasteiger partial charge in [0.15, 0.2) is 5.69 Å². The lowest BCUT2D eigenvalue weighted by Gasteiger charge is -2.26. The second-order valence-electron chi connectivity index (χ2n) is 7.41. The lowest BCUT2D eigenvalue weighted by Crippen LogP contribution is -2.37. The van der Waals surface area contributed by atoms with Crippen molar-refractivity contribution in [3.8, 4) is 0 Å². The van der Waals surface area contributed by atoms with Crippen LogP contribution in [0.15, 0.2) is 0 Å². The van der Waals surface area contributed by atoms with E-state index in [-0.39, 0.29) is 5.95 Å². The SMILES string of the molecule is CC(OP(=O)(N1CC1)N1CC1)c1c(CCN2CCOCC2)nc([N+](=O)[O-])n1C. The molecular weight excluding hydrogens is 387 g/mol. The Hall–Kier alpha value is -1.36. The first-order chi connectivity index (χ1) is 13.4. The van der Waals surface area contributed by atoms with Crippen LogP contribution in [0.2, 0.25) is 0 Å². The Balaban J connectivity index is 1.55. The summed E-state index contributed by atoms with van der Waals surface area (Å²) in [6.45, 7) is 8.67. The molecule has 3 saturated heterocycles. The first-order valence-corrected chi connectivity index (χ1v) is 11.2.